The Kier molecular flexibility index (Phi) is 7.12. The van der Waals surface area contributed by atoms with Gasteiger partial charge in [-0.25, -0.2) is 9.78 Å². The van der Waals surface area contributed by atoms with Crippen molar-refractivity contribution in [2.45, 2.75) is 66.1 Å². The average molecular weight is 558 g/mol. The van der Waals surface area contributed by atoms with Crippen molar-refractivity contribution in [1.82, 2.24) is 20.2 Å². The molecule has 9 nitrogen and oxygen atoms in total. The molecule has 1 aromatic carbocycles. The number of pyridine rings is 1. The average Bonchev–Trinajstić information content (AvgIpc) is 2.99. The number of nitrogens with one attached hydrogen (secondary N) is 2. The predicted molar refractivity (Wildman–Crippen MR) is 141 cm³/mol. The minimum absolute atomic E-state index is 0.0882. The summed E-state index contributed by atoms with van der Waals surface area (Å²) < 4.78 is 0.870. The van der Waals surface area contributed by atoms with Crippen LogP contribution in [0.2, 0.25) is 0 Å². The standard InChI is InChI=1S/C26H32BrN5O4/c1-14-15(2)24(34)32(23(14)33)30-22-10-16(19-7-6-17(27)11-20(19)29-22)13-28-18-8-9-31(25(35)36)21(12-18)26(3,4)5/h6-7,10-11,18,21,28H,8-9,12-13H2,1-5H3,(H,29,30)(H,35,36). The van der Waals surface area contributed by atoms with E-state index in [0.717, 1.165) is 38.8 Å². The van der Waals surface area contributed by atoms with Gasteiger partial charge in [-0.2, -0.15) is 5.01 Å². The number of likely N-dealkylation sites (tertiary alicyclic amines) is 1. The molecule has 2 atom stereocenters. The highest BCUT2D eigenvalue weighted by molar-refractivity contribution is 9.10. The lowest BCUT2D eigenvalue weighted by Crippen LogP contribution is -2.55. The summed E-state index contributed by atoms with van der Waals surface area (Å²) in [4.78, 5) is 43.1. The number of amides is 3. The molecule has 4 rings (SSSR count). The maximum Gasteiger partial charge on any atom is 0.407 e. The Labute approximate surface area is 219 Å². The lowest BCUT2D eigenvalue weighted by atomic mass is 9.79. The van der Waals surface area contributed by atoms with Gasteiger partial charge in [0, 0.05) is 46.2 Å². The maximum absolute atomic E-state index is 12.5. The van der Waals surface area contributed by atoms with Gasteiger partial charge in [-0.3, -0.25) is 15.0 Å². The Bertz CT molecular complexity index is 1240. The van der Waals surface area contributed by atoms with E-state index in [1.807, 2.05) is 24.3 Å². The second-order valence-electron chi connectivity index (χ2n) is 10.6. The highest BCUT2D eigenvalue weighted by atomic mass is 79.9. The first-order valence-corrected chi connectivity index (χ1v) is 12.8. The third-order valence-corrected chi connectivity index (χ3v) is 7.62. The number of nitrogens with zero attached hydrogens (tertiary/aromatic N) is 3. The molecule has 3 heterocycles. The SMILES string of the molecule is CC1=C(C)C(=O)N(Nc2cc(CNC3CCN(C(=O)O)C(C(C)(C)C)C3)c3ccc(Br)cc3n2)C1=O. The molecule has 0 bridgehead atoms. The summed E-state index contributed by atoms with van der Waals surface area (Å²) in [5.41, 5.74) is 5.24. The molecule has 36 heavy (non-hydrogen) atoms. The number of hydrogen-bond donors (Lipinski definition) is 3. The summed E-state index contributed by atoms with van der Waals surface area (Å²) in [6.07, 6.45) is 0.566. The second kappa shape index (κ2) is 9.82. The lowest BCUT2D eigenvalue weighted by Gasteiger charge is -2.44. The number of benzene rings is 1. The Morgan fingerprint density at radius 1 is 1.17 bits per heavy atom. The summed E-state index contributed by atoms with van der Waals surface area (Å²) in [6, 6.07) is 7.74. The number of carbonyl (C=O) groups is 3. The number of anilines is 1. The molecule has 0 aliphatic carbocycles. The molecule has 2 aromatic rings. The molecule has 3 amide bonds. The topological polar surface area (TPSA) is 115 Å². The number of imide groups is 1. The summed E-state index contributed by atoms with van der Waals surface area (Å²) in [5.74, 6) is -0.367. The van der Waals surface area contributed by atoms with Crippen molar-refractivity contribution in [3.8, 4) is 0 Å². The molecule has 1 aromatic heterocycles. The molecule has 192 valence electrons. The largest absolute Gasteiger partial charge is 0.465 e. The lowest BCUT2D eigenvalue weighted by molar-refractivity contribution is -0.135. The number of carboxylic acid groups (broad SMARTS) is 1. The predicted octanol–water partition coefficient (Wildman–Crippen LogP) is 4.68. The number of aromatic nitrogens is 1. The van der Waals surface area contributed by atoms with Crippen LogP contribution in [-0.4, -0.2) is 56.5 Å². The molecule has 1 fully saturated rings. The van der Waals surface area contributed by atoms with Gasteiger partial charge in [0.15, 0.2) is 0 Å². The van der Waals surface area contributed by atoms with Gasteiger partial charge in [-0.1, -0.05) is 42.8 Å². The fourth-order valence-electron chi connectivity index (χ4n) is 4.90. The number of carbonyl (C=O) groups excluding carboxylic acids is 2. The Morgan fingerprint density at radius 2 is 1.83 bits per heavy atom. The number of hydrogen-bond acceptors (Lipinski definition) is 6. The van der Waals surface area contributed by atoms with Crippen LogP contribution >= 0.6 is 15.9 Å². The number of rotatable bonds is 5. The van der Waals surface area contributed by atoms with E-state index in [9.17, 15) is 19.5 Å². The Morgan fingerprint density at radius 3 is 2.44 bits per heavy atom. The fourth-order valence-corrected chi connectivity index (χ4v) is 5.25. The van der Waals surface area contributed by atoms with E-state index in [-0.39, 0.29) is 29.3 Å². The molecule has 3 N–H and O–H groups in total. The zero-order valence-corrected chi connectivity index (χ0v) is 22.8. The van der Waals surface area contributed by atoms with Gasteiger partial charge in [0.05, 0.1) is 5.52 Å². The number of halogens is 1. The fraction of sp³-hybridized carbons (Fsp3) is 0.462. The van der Waals surface area contributed by atoms with E-state index in [0.29, 0.717) is 30.1 Å². The Hall–Kier alpha value is -2.98. The molecule has 2 aliphatic rings. The first kappa shape index (κ1) is 26.1. The third kappa shape index (κ3) is 5.10. The van der Waals surface area contributed by atoms with Crippen molar-refractivity contribution >= 4 is 50.6 Å². The first-order chi connectivity index (χ1) is 16.9. The summed E-state index contributed by atoms with van der Waals surface area (Å²) >= 11 is 3.49. The molecule has 0 saturated carbocycles. The highest BCUT2D eigenvalue weighted by Gasteiger charge is 2.38. The zero-order chi connectivity index (χ0) is 26.4. The smallest absolute Gasteiger partial charge is 0.407 e. The monoisotopic (exact) mass is 557 g/mol. The van der Waals surface area contributed by atoms with E-state index < -0.39 is 6.09 Å². The molecule has 10 heteroatoms. The molecule has 1 saturated heterocycles. The minimum Gasteiger partial charge on any atom is -0.465 e. The maximum atomic E-state index is 12.5. The number of piperidine rings is 1. The van der Waals surface area contributed by atoms with Gasteiger partial charge in [0.2, 0.25) is 0 Å². The van der Waals surface area contributed by atoms with Crippen LogP contribution < -0.4 is 10.7 Å². The quantitative estimate of drug-likeness (QED) is 0.457. The summed E-state index contributed by atoms with van der Waals surface area (Å²) in [6.45, 7) is 10.5. The summed E-state index contributed by atoms with van der Waals surface area (Å²) in [7, 11) is 0. The molecular weight excluding hydrogens is 526 g/mol. The number of fused-ring (bicyclic) bond motifs is 1. The van der Waals surface area contributed by atoms with Crippen LogP contribution in [0.4, 0.5) is 10.6 Å². The van der Waals surface area contributed by atoms with Crippen molar-refractivity contribution < 1.29 is 19.5 Å². The van der Waals surface area contributed by atoms with Gasteiger partial charge >= 0.3 is 6.09 Å². The molecule has 0 radical (unpaired) electrons. The van der Waals surface area contributed by atoms with Crippen molar-refractivity contribution in [3.63, 3.8) is 0 Å². The van der Waals surface area contributed by atoms with Gasteiger partial charge in [0.1, 0.15) is 5.82 Å². The van der Waals surface area contributed by atoms with E-state index in [1.165, 1.54) is 0 Å². The van der Waals surface area contributed by atoms with Gasteiger partial charge < -0.3 is 15.3 Å². The zero-order valence-electron chi connectivity index (χ0n) is 21.2. The van der Waals surface area contributed by atoms with Gasteiger partial charge in [0.25, 0.3) is 11.8 Å². The second-order valence-corrected chi connectivity index (χ2v) is 11.5. The molecule has 0 spiro atoms. The van der Waals surface area contributed by atoms with Crippen LogP contribution in [0.25, 0.3) is 10.9 Å². The molecular formula is C26H32BrN5O4. The van der Waals surface area contributed by atoms with Gasteiger partial charge in [-0.15, -0.1) is 0 Å². The van der Waals surface area contributed by atoms with Crippen LogP contribution in [-0.2, 0) is 16.1 Å². The van der Waals surface area contributed by atoms with Crippen LogP contribution in [0.15, 0.2) is 39.9 Å². The van der Waals surface area contributed by atoms with Gasteiger partial charge in [-0.05, 0) is 55.9 Å². The van der Waals surface area contributed by atoms with Crippen molar-refractivity contribution in [3.05, 3.63) is 45.4 Å². The van der Waals surface area contributed by atoms with Crippen molar-refractivity contribution in [2.24, 2.45) is 5.41 Å². The van der Waals surface area contributed by atoms with Crippen LogP contribution in [0, 0.1) is 5.41 Å². The number of hydrazine groups is 1. The van der Waals surface area contributed by atoms with Crippen molar-refractivity contribution in [2.75, 3.05) is 12.0 Å². The first-order valence-electron chi connectivity index (χ1n) is 12.0. The van der Waals surface area contributed by atoms with Crippen LogP contribution in [0.5, 0.6) is 0 Å². The minimum atomic E-state index is -0.874. The van der Waals surface area contributed by atoms with E-state index in [4.69, 9.17) is 0 Å². The summed E-state index contributed by atoms with van der Waals surface area (Å²) in [5, 5.41) is 15.2. The van der Waals surface area contributed by atoms with Crippen LogP contribution in [0.3, 0.4) is 0 Å². The third-order valence-electron chi connectivity index (χ3n) is 7.12. The van der Waals surface area contributed by atoms with E-state index >= 15 is 0 Å². The van der Waals surface area contributed by atoms with Crippen molar-refractivity contribution in [1.29, 1.82) is 0 Å². The van der Waals surface area contributed by atoms with E-state index in [2.05, 4.69) is 52.4 Å². The Balaban J connectivity index is 1.57. The highest BCUT2D eigenvalue weighted by Crippen LogP contribution is 2.33. The molecule has 2 unspecified atom stereocenters. The van der Waals surface area contributed by atoms with E-state index in [1.54, 1.807) is 18.7 Å². The molecule has 2 aliphatic heterocycles. The normalized spacial score (nSPS) is 21.1. The van der Waals surface area contributed by atoms with Crippen LogP contribution in [0.1, 0.15) is 53.0 Å².